The predicted molar refractivity (Wildman–Crippen MR) is 97.9 cm³/mol. The molecule has 0 bridgehead atoms. The molecule has 2 N–H and O–H groups in total. The fraction of sp³-hybridized carbons (Fsp3) is 0.105. The molecule has 26 heavy (non-hydrogen) atoms. The molecule has 3 rings (SSSR count). The number of phenols is 1. The monoisotopic (exact) mass is 370 g/mol. The number of amides is 4. The van der Waals surface area contributed by atoms with E-state index < -0.39 is 17.8 Å². The number of carbonyl (C=O) groups is 3. The van der Waals surface area contributed by atoms with Crippen LogP contribution >= 0.6 is 11.6 Å². The number of aromatic hydroxyl groups is 1. The second-order valence-electron chi connectivity index (χ2n) is 5.65. The first-order chi connectivity index (χ1) is 12.4. The Balaban J connectivity index is 2.05. The van der Waals surface area contributed by atoms with E-state index in [1.165, 1.54) is 24.3 Å². The van der Waals surface area contributed by atoms with Gasteiger partial charge in [0, 0.05) is 0 Å². The number of phenolic OH excluding ortho intramolecular Hbond substituents is 1. The Morgan fingerprint density at radius 3 is 2.58 bits per heavy atom. The van der Waals surface area contributed by atoms with Gasteiger partial charge in [-0.25, -0.2) is 9.69 Å². The molecular weight excluding hydrogens is 356 g/mol. The maximum absolute atomic E-state index is 12.9. The second-order valence-corrected chi connectivity index (χ2v) is 6.06. The number of carbonyl (C=O) groups excluding carboxylic acids is 3. The minimum absolute atomic E-state index is 0.0901. The van der Waals surface area contributed by atoms with Crippen LogP contribution in [-0.2, 0) is 16.0 Å². The molecule has 6 nitrogen and oxygen atoms in total. The molecule has 0 spiro atoms. The predicted octanol–water partition coefficient (Wildman–Crippen LogP) is 3.27. The summed E-state index contributed by atoms with van der Waals surface area (Å²) < 4.78 is 0. The quantitative estimate of drug-likeness (QED) is 0.641. The number of imide groups is 2. The van der Waals surface area contributed by atoms with E-state index in [0.29, 0.717) is 17.7 Å². The summed E-state index contributed by atoms with van der Waals surface area (Å²) in [6.45, 7) is 1.91. The number of urea groups is 1. The van der Waals surface area contributed by atoms with Crippen LogP contribution in [0.3, 0.4) is 0 Å². The fourth-order valence-corrected chi connectivity index (χ4v) is 2.87. The molecule has 0 atom stereocenters. The van der Waals surface area contributed by atoms with Crippen molar-refractivity contribution >= 4 is 41.2 Å². The minimum Gasteiger partial charge on any atom is -0.506 e. The SMILES string of the molecule is CCc1ccccc1N1C(=O)NC(=O)C(=Cc2ccc(O)c(Cl)c2)C1=O. The summed E-state index contributed by atoms with van der Waals surface area (Å²) >= 11 is 5.86. The van der Waals surface area contributed by atoms with E-state index in [4.69, 9.17) is 11.6 Å². The van der Waals surface area contributed by atoms with E-state index >= 15 is 0 Å². The number of anilines is 1. The summed E-state index contributed by atoms with van der Waals surface area (Å²) in [7, 11) is 0. The van der Waals surface area contributed by atoms with Crippen LogP contribution in [0.1, 0.15) is 18.1 Å². The summed E-state index contributed by atoms with van der Waals surface area (Å²) in [5.41, 5.74) is 1.48. The standard InChI is InChI=1S/C19H15ClN2O4/c1-2-12-5-3-4-6-15(12)22-18(25)13(17(24)21-19(22)26)9-11-7-8-16(23)14(20)10-11/h3-10,23H,2H2,1H3,(H,21,24,26). The smallest absolute Gasteiger partial charge is 0.335 e. The summed E-state index contributed by atoms with van der Waals surface area (Å²) in [5, 5.41) is 11.8. The lowest BCUT2D eigenvalue weighted by molar-refractivity contribution is -0.122. The number of barbiturate groups is 1. The van der Waals surface area contributed by atoms with Crippen molar-refractivity contribution in [3.05, 3.63) is 64.2 Å². The number of benzene rings is 2. The van der Waals surface area contributed by atoms with Crippen molar-refractivity contribution in [1.29, 1.82) is 0 Å². The van der Waals surface area contributed by atoms with E-state index in [1.54, 1.807) is 12.1 Å². The molecule has 0 saturated carbocycles. The van der Waals surface area contributed by atoms with Gasteiger partial charge in [0.15, 0.2) is 0 Å². The van der Waals surface area contributed by atoms with Gasteiger partial charge in [0.05, 0.1) is 10.7 Å². The van der Waals surface area contributed by atoms with Gasteiger partial charge in [-0.3, -0.25) is 14.9 Å². The number of halogens is 1. The van der Waals surface area contributed by atoms with E-state index in [1.807, 2.05) is 19.1 Å². The maximum atomic E-state index is 12.9. The van der Waals surface area contributed by atoms with Gasteiger partial charge >= 0.3 is 6.03 Å². The fourth-order valence-electron chi connectivity index (χ4n) is 2.68. The summed E-state index contributed by atoms with van der Waals surface area (Å²) in [4.78, 5) is 38.3. The van der Waals surface area contributed by atoms with Crippen molar-refractivity contribution < 1.29 is 19.5 Å². The number of hydrogen-bond donors (Lipinski definition) is 2. The molecule has 7 heteroatoms. The van der Waals surface area contributed by atoms with Gasteiger partial charge in [0.1, 0.15) is 11.3 Å². The van der Waals surface area contributed by atoms with E-state index in [2.05, 4.69) is 5.32 Å². The second kappa shape index (κ2) is 7.01. The molecule has 0 radical (unpaired) electrons. The highest BCUT2D eigenvalue weighted by atomic mass is 35.5. The molecule has 1 aliphatic heterocycles. The third-order valence-corrected chi connectivity index (χ3v) is 4.30. The van der Waals surface area contributed by atoms with Gasteiger partial charge in [-0.15, -0.1) is 0 Å². The average Bonchev–Trinajstić information content (AvgIpc) is 2.62. The van der Waals surface area contributed by atoms with E-state index in [0.717, 1.165) is 10.5 Å². The summed E-state index contributed by atoms with van der Waals surface area (Å²) in [5.74, 6) is -1.61. The van der Waals surface area contributed by atoms with Crippen LogP contribution in [0.4, 0.5) is 10.5 Å². The molecule has 0 unspecified atom stereocenters. The molecule has 2 aromatic rings. The lowest BCUT2D eigenvalue weighted by Gasteiger charge is -2.28. The van der Waals surface area contributed by atoms with Crippen molar-refractivity contribution in [2.24, 2.45) is 0 Å². The zero-order chi connectivity index (χ0) is 18.8. The molecule has 0 aliphatic carbocycles. The Bertz CT molecular complexity index is 952. The van der Waals surface area contributed by atoms with Gasteiger partial charge in [0.2, 0.25) is 0 Å². The highest BCUT2D eigenvalue weighted by Gasteiger charge is 2.37. The molecule has 1 fully saturated rings. The third-order valence-electron chi connectivity index (χ3n) is 4.00. The van der Waals surface area contributed by atoms with Gasteiger partial charge in [-0.05, 0) is 41.8 Å². The highest BCUT2D eigenvalue weighted by Crippen LogP contribution is 2.28. The first-order valence-electron chi connectivity index (χ1n) is 7.90. The largest absolute Gasteiger partial charge is 0.506 e. The molecule has 4 amide bonds. The summed E-state index contributed by atoms with van der Waals surface area (Å²) in [6.07, 6.45) is 1.95. The van der Waals surface area contributed by atoms with Crippen molar-refractivity contribution in [3.8, 4) is 5.75 Å². The first-order valence-corrected chi connectivity index (χ1v) is 8.28. The summed E-state index contributed by atoms with van der Waals surface area (Å²) in [6, 6.07) is 10.5. The molecule has 1 heterocycles. The molecule has 2 aromatic carbocycles. The number of nitrogens with zero attached hydrogens (tertiary/aromatic N) is 1. The van der Waals surface area contributed by atoms with Crippen molar-refractivity contribution in [2.75, 3.05) is 4.90 Å². The van der Waals surface area contributed by atoms with Crippen molar-refractivity contribution in [1.82, 2.24) is 5.32 Å². The van der Waals surface area contributed by atoms with Gasteiger partial charge in [-0.2, -0.15) is 0 Å². The Kier molecular flexibility index (Phi) is 4.77. The van der Waals surface area contributed by atoms with Crippen LogP contribution in [0, 0.1) is 0 Å². The molecule has 1 saturated heterocycles. The Hall–Kier alpha value is -3.12. The lowest BCUT2D eigenvalue weighted by atomic mass is 10.0. The maximum Gasteiger partial charge on any atom is 0.335 e. The molecular formula is C19H15ClN2O4. The minimum atomic E-state index is -0.790. The Labute approximate surface area is 154 Å². The van der Waals surface area contributed by atoms with Crippen LogP contribution < -0.4 is 10.2 Å². The van der Waals surface area contributed by atoms with Crippen LogP contribution in [0.15, 0.2) is 48.0 Å². The van der Waals surface area contributed by atoms with Crippen LogP contribution in [0.25, 0.3) is 6.08 Å². The van der Waals surface area contributed by atoms with Crippen LogP contribution in [0.2, 0.25) is 5.02 Å². The normalized spacial score (nSPS) is 16.2. The Morgan fingerprint density at radius 1 is 1.15 bits per heavy atom. The third kappa shape index (κ3) is 3.19. The van der Waals surface area contributed by atoms with Crippen molar-refractivity contribution in [3.63, 3.8) is 0 Å². The lowest BCUT2D eigenvalue weighted by Crippen LogP contribution is -2.54. The van der Waals surface area contributed by atoms with Gasteiger partial charge in [0.25, 0.3) is 11.8 Å². The van der Waals surface area contributed by atoms with E-state index in [9.17, 15) is 19.5 Å². The number of nitrogens with one attached hydrogen (secondary N) is 1. The van der Waals surface area contributed by atoms with Crippen LogP contribution in [0.5, 0.6) is 5.75 Å². The number of aryl methyl sites for hydroxylation is 1. The van der Waals surface area contributed by atoms with E-state index in [-0.39, 0.29) is 16.3 Å². The first kappa shape index (κ1) is 17.7. The van der Waals surface area contributed by atoms with Crippen LogP contribution in [-0.4, -0.2) is 23.0 Å². The number of para-hydroxylation sites is 1. The molecule has 132 valence electrons. The highest BCUT2D eigenvalue weighted by molar-refractivity contribution is 6.39. The average molecular weight is 371 g/mol. The molecule has 1 aliphatic rings. The zero-order valence-corrected chi connectivity index (χ0v) is 14.6. The molecule has 0 aromatic heterocycles. The number of rotatable bonds is 3. The van der Waals surface area contributed by atoms with Crippen molar-refractivity contribution in [2.45, 2.75) is 13.3 Å². The topological polar surface area (TPSA) is 86.7 Å². The number of hydrogen-bond acceptors (Lipinski definition) is 4. The Morgan fingerprint density at radius 2 is 1.88 bits per heavy atom. The van der Waals surface area contributed by atoms with Gasteiger partial charge in [-0.1, -0.05) is 42.8 Å². The zero-order valence-electron chi connectivity index (χ0n) is 13.8. The van der Waals surface area contributed by atoms with Gasteiger partial charge < -0.3 is 5.11 Å².